The van der Waals surface area contributed by atoms with Crippen molar-refractivity contribution in [3.63, 3.8) is 0 Å². The van der Waals surface area contributed by atoms with Crippen LogP contribution in [0.1, 0.15) is 22.9 Å². The molecule has 0 unspecified atom stereocenters. The van der Waals surface area contributed by atoms with Gasteiger partial charge in [0.2, 0.25) is 11.7 Å². The Balaban J connectivity index is 1.77. The van der Waals surface area contributed by atoms with E-state index in [2.05, 4.69) is 50.3 Å². The minimum absolute atomic E-state index is 0.0842. The first-order valence-corrected chi connectivity index (χ1v) is 8.80. The molecule has 0 atom stereocenters. The molecule has 3 aromatic carbocycles. The number of rotatable bonds is 4. The first-order valence-electron chi connectivity index (χ1n) is 8.01. The van der Waals surface area contributed by atoms with E-state index in [9.17, 15) is 0 Å². The molecule has 3 nitrogen and oxygen atoms in total. The van der Waals surface area contributed by atoms with E-state index >= 15 is 0 Å². The van der Waals surface area contributed by atoms with E-state index < -0.39 is 0 Å². The summed E-state index contributed by atoms with van der Waals surface area (Å²) in [4.78, 5) is 4.67. The molecule has 0 fully saturated rings. The van der Waals surface area contributed by atoms with Gasteiger partial charge in [0.25, 0.3) is 0 Å². The van der Waals surface area contributed by atoms with Crippen molar-refractivity contribution >= 4 is 15.9 Å². The van der Waals surface area contributed by atoms with Gasteiger partial charge in [-0.3, -0.25) is 0 Å². The van der Waals surface area contributed by atoms with Crippen LogP contribution in [0.2, 0.25) is 0 Å². The predicted molar refractivity (Wildman–Crippen MR) is 101 cm³/mol. The highest BCUT2D eigenvalue weighted by Crippen LogP contribution is 2.32. The number of aromatic nitrogens is 2. The van der Waals surface area contributed by atoms with Gasteiger partial charge in [0.15, 0.2) is 0 Å². The minimum atomic E-state index is -0.0842. The maximum atomic E-state index is 5.65. The van der Waals surface area contributed by atoms with Crippen molar-refractivity contribution in [1.29, 1.82) is 0 Å². The van der Waals surface area contributed by atoms with E-state index in [1.54, 1.807) is 0 Å². The Kier molecular flexibility index (Phi) is 4.44. The highest BCUT2D eigenvalue weighted by atomic mass is 79.9. The lowest BCUT2D eigenvalue weighted by Gasteiger charge is -2.13. The van der Waals surface area contributed by atoms with Crippen LogP contribution in [-0.2, 0) is 0 Å². The maximum absolute atomic E-state index is 5.65. The normalized spacial score (nSPS) is 11.0. The Bertz CT molecular complexity index is 911. The van der Waals surface area contributed by atoms with E-state index in [0.29, 0.717) is 11.7 Å². The van der Waals surface area contributed by atoms with Crippen LogP contribution < -0.4 is 0 Å². The fourth-order valence-corrected chi connectivity index (χ4v) is 3.10. The van der Waals surface area contributed by atoms with Gasteiger partial charge in [0.05, 0.1) is 5.92 Å². The molecular weight excluding hydrogens is 376 g/mol. The van der Waals surface area contributed by atoms with Crippen LogP contribution in [0.4, 0.5) is 0 Å². The predicted octanol–water partition coefficient (Wildman–Crippen LogP) is 5.68. The summed E-state index contributed by atoms with van der Waals surface area (Å²) in [6.45, 7) is 0. The van der Waals surface area contributed by atoms with Crippen LogP contribution in [-0.4, -0.2) is 10.1 Å². The van der Waals surface area contributed by atoms with Gasteiger partial charge in [-0.2, -0.15) is 4.98 Å². The quantitative estimate of drug-likeness (QED) is 0.449. The van der Waals surface area contributed by atoms with Gasteiger partial charge >= 0.3 is 0 Å². The maximum Gasteiger partial charge on any atom is 0.238 e. The SMILES string of the molecule is Brc1ccc(-c2noc(C(c3ccccc3)c3ccccc3)n2)cc1. The molecular formula is C21H15BrN2O. The fourth-order valence-electron chi connectivity index (χ4n) is 2.84. The summed E-state index contributed by atoms with van der Waals surface area (Å²) in [5, 5.41) is 4.19. The summed E-state index contributed by atoms with van der Waals surface area (Å²) < 4.78 is 6.67. The summed E-state index contributed by atoms with van der Waals surface area (Å²) in [5.74, 6) is 1.11. The first-order chi connectivity index (χ1) is 12.3. The largest absolute Gasteiger partial charge is 0.338 e. The van der Waals surface area contributed by atoms with Crippen LogP contribution >= 0.6 is 15.9 Å². The molecule has 25 heavy (non-hydrogen) atoms. The third-order valence-corrected chi connectivity index (χ3v) is 4.59. The smallest absolute Gasteiger partial charge is 0.238 e. The Morgan fingerprint density at radius 3 is 1.84 bits per heavy atom. The molecule has 0 saturated carbocycles. The number of hydrogen-bond acceptors (Lipinski definition) is 3. The molecule has 0 amide bonds. The van der Waals surface area contributed by atoms with Gasteiger partial charge in [-0.15, -0.1) is 0 Å². The molecule has 0 N–H and O–H groups in total. The van der Waals surface area contributed by atoms with Crippen LogP contribution in [0, 0.1) is 0 Å². The Morgan fingerprint density at radius 2 is 1.28 bits per heavy atom. The van der Waals surface area contributed by atoms with Gasteiger partial charge in [-0.25, -0.2) is 0 Å². The number of nitrogens with zero attached hydrogens (tertiary/aromatic N) is 2. The van der Waals surface area contributed by atoms with E-state index in [-0.39, 0.29) is 5.92 Å². The Labute approximate surface area is 154 Å². The molecule has 0 saturated heterocycles. The lowest BCUT2D eigenvalue weighted by Crippen LogP contribution is -2.03. The van der Waals surface area contributed by atoms with Crippen LogP contribution in [0.5, 0.6) is 0 Å². The van der Waals surface area contributed by atoms with E-state index in [1.165, 1.54) is 0 Å². The molecule has 1 aromatic heterocycles. The topological polar surface area (TPSA) is 38.9 Å². The molecule has 4 aromatic rings. The zero-order valence-electron chi connectivity index (χ0n) is 13.3. The van der Waals surface area contributed by atoms with Crippen molar-refractivity contribution in [2.75, 3.05) is 0 Å². The molecule has 0 radical (unpaired) electrons. The average molecular weight is 391 g/mol. The minimum Gasteiger partial charge on any atom is -0.338 e. The molecule has 0 aliphatic carbocycles. The molecule has 1 heterocycles. The third-order valence-electron chi connectivity index (χ3n) is 4.06. The standard InChI is InChI=1S/C21H15BrN2O/c22-18-13-11-17(12-14-18)20-23-21(25-24-20)19(15-7-3-1-4-8-15)16-9-5-2-6-10-16/h1-14,19H. The number of halogens is 1. The average Bonchev–Trinajstić information content (AvgIpc) is 3.14. The van der Waals surface area contributed by atoms with Crippen LogP contribution in [0.25, 0.3) is 11.4 Å². The summed E-state index contributed by atoms with van der Waals surface area (Å²) in [6, 6.07) is 28.3. The molecule has 4 heteroatoms. The van der Waals surface area contributed by atoms with Gasteiger partial charge in [-0.1, -0.05) is 81.8 Å². The van der Waals surface area contributed by atoms with Crippen molar-refractivity contribution in [3.8, 4) is 11.4 Å². The summed E-state index contributed by atoms with van der Waals surface area (Å²) in [6.07, 6.45) is 0. The van der Waals surface area contributed by atoms with Crippen molar-refractivity contribution < 1.29 is 4.52 Å². The number of hydrogen-bond donors (Lipinski definition) is 0. The Hall–Kier alpha value is -2.72. The van der Waals surface area contributed by atoms with Gasteiger partial charge in [0.1, 0.15) is 0 Å². The number of benzene rings is 3. The van der Waals surface area contributed by atoms with Crippen molar-refractivity contribution in [2.45, 2.75) is 5.92 Å². The zero-order chi connectivity index (χ0) is 17.1. The highest BCUT2D eigenvalue weighted by molar-refractivity contribution is 9.10. The van der Waals surface area contributed by atoms with Gasteiger partial charge in [-0.05, 0) is 35.4 Å². The first kappa shape index (κ1) is 15.8. The van der Waals surface area contributed by atoms with E-state index in [0.717, 1.165) is 21.2 Å². The fraction of sp³-hybridized carbons (Fsp3) is 0.0476. The van der Waals surface area contributed by atoms with Gasteiger partial charge in [0, 0.05) is 10.0 Å². The highest BCUT2D eigenvalue weighted by Gasteiger charge is 2.23. The monoisotopic (exact) mass is 390 g/mol. The van der Waals surface area contributed by atoms with Crippen LogP contribution in [0.3, 0.4) is 0 Å². The summed E-state index contributed by atoms with van der Waals surface area (Å²) >= 11 is 3.44. The second kappa shape index (κ2) is 7.03. The molecule has 122 valence electrons. The van der Waals surface area contributed by atoms with Gasteiger partial charge < -0.3 is 4.52 Å². The molecule has 0 aliphatic rings. The summed E-state index contributed by atoms with van der Waals surface area (Å²) in [7, 11) is 0. The van der Waals surface area contributed by atoms with E-state index in [4.69, 9.17) is 4.52 Å². The van der Waals surface area contributed by atoms with E-state index in [1.807, 2.05) is 60.7 Å². The second-order valence-corrected chi connectivity index (χ2v) is 6.63. The zero-order valence-corrected chi connectivity index (χ0v) is 14.9. The molecule has 0 spiro atoms. The molecule has 0 bridgehead atoms. The third kappa shape index (κ3) is 3.39. The van der Waals surface area contributed by atoms with Crippen LogP contribution in [0.15, 0.2) is 93.9 Å². The lowest BCUT2D eigenvalue weighted by atomic mass is 9.91. The van der Waals surface area contributed by atoms with Crippen molar-refractivity contribution in [3.05, 3.63) is 106 Å². The molecule has 0 aliphatic heterocycles. The lowest BCUT2D eigenvalue weighted by molar-refractivity contribution is 0.375. The second-order valence-electron chi connectivity index (χ2n) is 5.72. The van der Waals surface area contributed by atoms with Crippen molar-refractivity contribution in [2.24, 2.45) is 0 Å². The van der Waals surface area contributed by atoms with Crippen molar-refractivity contribution in [1.82, 2.24) is 10.1 Å². The molecule has 4 rings (SSSR count). The Morgan fingerprint density at radius 1 is 0.720 bits per heavy atom. The summed E-state index contributed by atoms with van der Waals surface area (Å²) in [5.41, 5.74) is 3.18.